The molecule has 0 amide bonds. The van der Waals surface area contributed by atoms with Gasteiger partial charge in [0.05, 0.1) is 0 Å². The number of hydrogen-bond acceptors (Lipinski definition) is 1. The van der Waals surface area contributed by atoms with E-state index in [-0.39, 0.29) is 0 Å². The summed E-state index contributed by atoms with van der Waals surface area (Å²) >= 11 is 0. The molecule has 84 valence electrons. The van der Waals surface area contributed by atoms with E-state index >= 15 is 0 Å². The van der Waals surface area contributed by atoms with Gasteiger partial charge in [0.15, 0.2) is 5.96 Å². The van der Waals surface area contributed by atoms with E-state index in [1.54, 1.807) is 0 Å². The Hall–Kier alpha value is -0.730. The van der Waals surface area contributed by atoms with Gasteiger partial charge >= 0.3 is 0 Å². The van der Waals surface area contributed by atoms with Gasteiger partial charge in [0.1, 0.15) is 0 Å². The summed E-state index contributed by atoms with van der Waals surface area (Å²) in [7, 11) is 1.88. The molecule has 0 aromatic carbocycles. The molecule has 0 aromatic rings. The van der Waals surface area contributed by atoms with Crippen molar-refractivity contribution >= 4 is 5.96 Å². The van der Waals surface area contributed by atoms with Crippen LogP contribution in [0.25, 0.3) is 0 Å². The summed E-state index contributed by atoms with van der Waals surface area (Å²) in [6.07, 6.45) is 9.75. The maximum Gasteiger partial charge on any atom is 0.191 e. The molecule has 0 bridgehead atoms. The molecule has 0 saturated heterocycles. The molecule has 0 radical (unpaired) electrons. The fourth-order valence-electron chi connectivity index (χ4n) is 2.94. The molecule has 15 heavy (non-hydrogen) atoms. The van der Waals surface area contributed by atoms with Crippen LogP contribution in [0.1, 0.15) is 44.9 Å². The summed E-state index contributed by atoms with van der Waals surface area (Å²) in [4.78, 5) is 4.30. The Labute approximate surface area is 91.7 Å². The number of nitrogens with zero attached hydrogens (tertiary/aromatic N) is 1. The molecule has 3 saturated carbocycles. The molecule has 3 fully saturated rings. The molecule has 1 spiro atoms. The van der Waals surface area contributed by atoms with Crippen molar-refractivity contribution in [3.8, 4) is 0 Å². The molecule has 3 aliphatic rings. The third-order valence-electron chi connectivity index (χ3n) is 4.24. The van der Waals surface area contributed by atoms with Crippen molar-refractivity contribution in [2.75, 3.05) is 7.05 Å². The molecule has 1 atom stereocenters. The lowest BCUT2D eigenvalue weighted by Gasteiger charge is -2.13. The highest BCUT2D eigenvalue weighted by molar-refractivity contribution is 5.81. The SMILES string of the molecule is CN=C(NC1CC1)NC1CC12CCCC2. The first kappa shape index (κ1) is 9.49. The van der Waals surface area contributed by atoms with E-state index < -0.39 is 0 Å². The molecular formula is C12H21N3. The van der Waals surface area contributed by atoms with Gasteiger partial charge in [0, 0.05) is 19.1 Å². The van der Waals surface area contributed by atoms with E-state index in [0.29, 0.717) is 17.5 Å². The minimum Gasteiger partial charge on any atom is -0.354 e. The number of aliphatic imine (C=N–C) groups is 1. The first-order chi connectivity index (χ1) is 7.32. The topological polar surface area (TPSA) is 36.4 Å². The Morgan fingerprint density at radius 2 is 1.93 bits per heavy atom. The van der Waals surface area contributed by atoms with Gasteiger partial charge in [-0.15, -0.1) is 0 Å². The quantitative estimate of drug-likeness (QED) is 0.533. The van der Waals surface area contributed by atoms with Gasteiger partial charge < -0.3 is 10.6 Å². The minimum absolute atomic E-state index is 0.668. The average Bonchev–Trinajstić information content (AvgIpc) is 3.09. The normalized spacial score (nSPS) is 33.1. The van der Waals surface area contributed by atoms with Crippen molar-refractivity contribution in [2.45, 2.75) is 57.0 Å². The van der Waals surface area contributed by atoms with Gasteiger partial charge in [0.2, 0.25) is 0 Å². The van der Waals surface area contributed by atoms with Crippen molar-refractivity contribution in [3.05, 3.63) is 0 Å². The molecule has 3 heteroatoms. The van der Waals surface area contributed by atoms with Crippen LogP contribution in [0, 0.1) is 5.41 Å². The lowest BCUT2D eigenvalue weighted by molar-refractivity contribution is 0.494. The Morgan fingerprint density at radius 1 is 1.20 bits per heavy atom. The summed E-state index contributed by atoms with van der Waals surface area (Å²) in [5.74, 6) is 1.03. The van der Waals surface area contributed by atoms with Crippen LogP contribution in [0.15, 0.2) is 4.99 Å². The molecule has 3 nitrogen and oxygen atoms in total. The third kappa shape index (κ3) is 1.84. The summed E-state index contributed by atoms with van der Waals surface area (Å²) < 4.78 is 0. The fraction of sp³-hybridized carbons (Fsp3) is 0.917. The molecular weight excluding hydrogens is 186 g/mol. The van der Waals surface area contributed by atoms with Gasteiger partial charge in [0.25, 0.3) is 0 Å². The monoisotopic (exact) mass is 207 g/mol. The Morgan fingerprint density at radius 3 is 2.53 bits per heavy atom. The lowest BCUT2D eigenvalue weighted by atomic mass is 10.1. The number of hydrogen-bond donors (Lipinski definition) is 2. The van der Waals surface area contributed by atoms with Crippen molar-refractivity contribution in [3.63, 3.8) is 0 Å². The van der Waals surface area contributed by atoms with E-state index in [1.165, 1.54) is 44.9 Å². The van der Waals surface area contributed by atoms with Gasteiger partial charge in [-0.25, -0.2) is 0 Å². The van der Waals surface area contributed by atoms with Crippen LogP contribution in [0.3, 0.4) is 0 Å². The van der Waals surface area contributed by atoms with Crippen LogP contribution in [-0.4, -0.2) is 25.1 Å². The lowest BCUT2D eigenvalue weighted by Crippen LogP contribution is -2.41. The zero-order valence-corrected chi connectivity index (χ0v) is 9.55. The van der Waals surface area contributed by atoms with E-state index in [1.807, 2.05) is 7.05 Å². The highest BCUT2D eigenvalue weighted by atomic mass is 15.2. The highest BCUT2D eigenvalue weighted by Crippen LogP contribution is 2.57. The van der Waals surface area contributed by atoms with Gasteiger partial charge in [-0.1, -0.05) is 12.8 Å². The van der Waals surface area contributed by atoms with Crippen molar-refractivity contribution < 1.29 is 0 Å². The molecule has 2 N–H and O–H groups in total. The van der Waals surface area contributed by atoms with Crippen LogP contribution in [0.2, 0.25) is 0 Å². The molecule has 0 aromatic heterocycles. The number of rotatable bonds is 2. The molecule has 1 unspecified atom stereocenters. The molecule has 3 rings (SSSR count). The van der Waals surface area contributed by atoms with Crippen molar-refractivity contribution in [1.82, 2.24) is 10.6 Å². The van der Waals surface area contributed by atoms with Crippen LogP contribution in [-0.2, 0) is 0 Å². The van der Waals surface area contributed by atoms with Crippen molar-refractivity contribution in [2.24, 2.45) is 10.4 Å². The second-order valence-electron chi connectivity index (χ2n) is 5.46. The maximum atomic E-state index is 4.30. The predicted octanol–water partition coefficient (Wildman–Crippen LogP) is 1.65. The van der Waals surface area contributed by atoms with Crippen LogP contribution in [0.4, 0.5) is 0 Å². The Kier molecular flexibility index (Phi) is 2.15. The summed E-state index contributed by atoms with van der Waals surface area (Å²) in [5, 5.41) is 7.04. The van der Waals surface area contributed by atoms with Gasteiger partial charge in [-0.05, 0) is 37.5 Å². The summed E-state index contributed by atoms with van der Waals surface area (Å²) in [6.45, 7) is 0. The van der Waals surface area contributed by atoms with Gasteiger partial charge in [-0.2, -0.15) is 0 Å². The van der Waals surface area contributed by atoms with E-state index in [2.05, 4.69) is 15.6 Å². The molecule has 3 aliphatic carbocycles. The summed E-state index contributed by atoms with van der Waals surface area (Å²) in [5.41, 5.74) is 0.668. The predicted molar refractivity (Wildman–Crippen MR) is 62.0 cm³/mol. The Balaban J connectivity index is 1.52. The zero-order valence-electron chi connectivity index (χ0n) is 9.55. The maximum absolute atomic E-state index is 4.30. The van der Waals surface area contributed by atoms with Crippen LogP contribution in [0.5, 0.6) is 0 Å². The third-order valence-corrected chi connectivity index (χ3v) is 4.24. The van der Waals surface area contributed by atoms with Gasteiger partial charge in [-0.3, -0.25) is 4.99 Å². The average molecular weight is 207 g/mol. The van der Waals surface area contributed by atoms with Crippen molar-refractivity contribution in [1.29, 1.82) is 0 Å². The fourth-order valence-corrected chi connectivity index (χ4v) is 2.94. The molecule has 0 aliphatic heterocycles. The van der Waals surface area contributed by atoms with Crippen LogP contribution < -0.4 is 10.6 Å². The smallest absolute Gasteiger partial charge is 0.191 e. The van der Waals surface area contributed by atoms with E-state index in [9.17, 15) is 0 Å². The standard InChI is InChI=1S/C12H21N3/c1-13-11(14-9-4-5-9)15-10-8-12(10)6-2-3-7-12/h9-10H,2-8H2,1H3,(H2,13,14,15). The largest absolute Gasteiger partial charge is 0.354 e. The highest BCUT2D eigenvalue weighted by Gasteiger charge is 2.55. The van der Waals surface area contributed by atoms with E-state index in [4.69, 9.17) is 0 Å². The second kappa shape index (κ2) is 3.39. The molecule has 0 heterocycles. The second-order valence-corrected chi connectivity index (χ2v) is 5.46. The number of nitrogens with one attached hydrogen (secondary N) is 2. The first-order valence-electron chi connectivity index (χ1n) is 6.32. The summed E-state index contributed by atoms with van der Waals surface area (Å²) in [6, 6.07) is 1.42. The Bertz CT molecular complexity index is 275. The minimum atomic E-state index is 0.668. The van der Waals surface area contributed by atoms with Crippen LogP contribution >= 0.6 is 0 Å². The van der Waals surface area contributed by atoms with E-state index in [0.717, 1.165) is 5.96 Å². The zero-order chi connectivity index (χ0) is 10.3. The first-order valence-corrected chi connectivity index (χ1v) is 6.32. The number of guanidine groups is 1.